The standard InChI is InChI=1S/C20H25N7/c1-11-7-19(27-26-11)24-18-10-17-15(20(21)25-18)5-6-16(23-17)12-8-13-3-2-4-14(9-12)22-13/h5-7,10,12-14,22H,2-4,8-9H2,1H3,(H4,21,24,25,26,27)/t12-,13+,14-. The number of pyridine rings is 2. The van der Waals surface area contributed by atoms with Crippen molar-refractivity contribution in [3.63, 3.8) is 0 Å². The molecule has 2 bridgehead atoms. The minimum Gasteiger partial charge on any atom is -0.383 e. The van der Waals surface area contributed by atoms with Crippen LogP contribution >= 0.6 is 0 Å². The van der Waals surface area contributed by atoms with E-state index < -0.39 is 0 Å². The van der Waals surface area contributed by atoms with Gasteiger partial charge in [0.2, 0.25) is 0 Å². The fourth-order valence-corrected chi connectivity index (χ4v) is 4.58. The number of nitrogens with zero attached hydrogens (tertiary/aromatic N) is 3. The van der Waals surface area contributed by atoms with Crippen molar-refractivity contribution in [2.24, 2.45) is 0 Å². The molecule has 3 atom stereocenters. The van der Waals surface area contributed by atoms with Crippen LogP contribution in [0.3, 0.4) is 0 Å². The number of hydrogen-bond acceptors (Lipinski definition) is 6. The van der Waals surface area contributed by atoms with Gasteiger partial charge >= 0.3 is 0 Å². The van der Waals surface area contributed by atoms with Crippen molar-refractivity contribution in [2.45, 2.75) is 57.0 Å². The van der Waals surface area contributed by atoms with Gasteiger partial charge in [-0.25, -0.2) is 4.98 Å². The van der Waals surface area contributed by atoms with Crippen LogP contribution in [-0.2, 0) is 0 Å². The van der Waals surface area contributed by atoms with E-state index in [1.54, 1.807) is 0 Å². The van der Waals surface area contributed by atoms with Gasteiger partial charge in [0.1, 0.15) is 11.6 Å². The first-order valence-corrected chi connectivity index (χ1v) is 9.76. The van der Waals surface area contributed by atoms with Crippen LogP contribution in [0.4, 0.5) is 17.5 Å². The molecule has 0 radical (unpaired) electrons. The summed E-state index contributed by atoms with van der Waals surface area (Å²) in [5, 5.41) is 15.0. The molecule has 2 aliphatic rings. The SMILES string of the molecule is Cc1cc(Nc2cc3nc([C@H]4C[C@H]5CCC[C@@H](C4)N5)ccc3c(N)n2)n[nH]1. The maximum atomic E-state index is 6.19. The van der Waals surface area contributed by atoms with Gasteiger partial charge in [0, 0.05) is 46.9 Å². The number of hydrogen-bond donors (Lipinski definition) is 4. The minimum absolute atomic E-state index is 0.489. The van der Waals surface area contributed by atoms with Crippen molar-refractivity contribution in [1.82, 2.24) is 25.5 Å². The smallest absolute Gasteiger partial charge is 0.153 e. The first kappa shape index (κ1) is 16.5. The van der Waals surface area contributed by atoms with E-state index in [-0.39, 0.29) is 0 Å². The van der Waals surface area contributed by atoms with Crippen LogP contribution in [0.2, 0.25) is 0 Å². The van der Waals surface area contributed by atoms with Crippen molar-refractivity contribution in [3.05, 3.63) is 35.7 Å². The van der Waals surface area contributed by atoms with Crippen LogP contribution in [0.25, 0.3) is 10.9 Å². The zero-order valence-electron chi connectivity index (χ0n) is 15.5. The van der Waals surface area contributed by atoms with Crippen LogP contribution in [0.1, 0.15) is 49.4 Å². The maximum absolute atomic E-state index is 6.19. The normalized spacial score (nSPS) is 24.9. The Hall–Kier alpha value is -2.67. The van der Waals surface area contributed by atoms with Gasteiger partial charge in [-0.05, 0) is 44.7 Å². The van der Waals surface area contributed by atoms with Crippen LogP contribution in [0.15, 0.2) is 24.3 Å². The summed E-state index contributed by atoms with van der Waals surface area (Å²) in [6.07, 6.45) is 6.27. The topological polar surface area (TPSA) is 105 Å². The molecule has 0 amide bonds. The third kappa shape index (κ3) is 3.23. The molecule has 2 fully saturated rings. The lowest BCUT2D eigenvalue weighted by molar-refractivity contribution is 0.219. The molecule has 0 saturated carbocycles. The summed E-state index contributed by atoms with van der Waals surface area (Å²) in [6.45, 7) is 1.96. The molecule has 2 saturated heterocycles. The Morgan fingerprint density at radius 2 is 1.89 bits per heavy atom. The molecule has 0 aliphatic carbocycles. The highest BCUT2D eigenvalue weighted by Gasteiger charge is 2.32. The minimum atomic E-state index is 0.489. The summed E-state index contributed by atoms with van der Waals surface area (Å²) < 4.78 is 0. The number of aromatic amines is 1. The van der Waals surface area contributed by atoms with E-state index in [9.17, 15) is 0 Å². The van der Waals surface area contributed by atoms with Crippen molar-refractivity contribution in [3.8, 4) is 0 Å². The van der Waals surface area contributed by atoms with Crippen molar-refractivity contribution in [2.75, 3.05) is 11.1 Å². The molecule has 27 heavy (non-hydrogen) atoms. The molecule has 140 valence electrons. The molecule has 7 heteroatoms. The van der Waals surface area contributed by atoms with Gasteiger partial charge in [-0.15, -0.1) is 0 Å². The Balaban J connectivity index is 1.46. The predicted molar refractivity (Wildman–Crippen MR) is 107 cm³/mol. The van der Waals surface area contributed by atoms with Crippen molar-refractivity contribution in [1.29, 1.82) is 0 Å². The molecule has 7 nitrogen and oxygen atoms in total. The van der Waals surface area contributed by atoms with Gasteiger partial charge in [-0.2, -0.15) is 5.10 Å². The second-order valence-electron chi connectivity index (χ2n) is 7.92. The van der Waals surface area contributed by atoms with Crippen LogP contribution in [0, 0.1) is 6.92 Å². The molecule has 5 heterocycles. The van der Waals surface area contributed by atoms with Gasteiger partial charge in [0.25, 0.3) is 0 Å². The van der Waals surface area contributed by atoms with E-state index in [0.29, 0.717) is 29.6 Å². The van der Waals surface area contributed by atoms with E-state index >= 15 is 0 Å². The molecular weight excluding hydrogens is 338 g/mol. The Bertz CT molecular complexity index is 968. The highest BCUT2D eigenvalue weighted by molar-refractivity contribution is 5.90. The Kier molecular flexibility index (Phi) is 3.97. The summed E-state index contributed by atoms with van der Waals surface area (Å²) in [5.41, 5.74) is 9.24. The number of nitrogens with one attached hydrogen (secondary N) is 3. The summed E-state index contributed by atoms with van der Waals surface area (Å²) in [6, 6.07) is 9.38. The van der Waals surface area contributed by atoms with Crippen molar-refractivity contribution >= 4 is 28.4 Å². The highest BCUT2D eigenvalue weighted by atomic mass is 15.2. The number of piperidine rings is 2. The average Bonchev–Trinajstić information content (AvgIpc) is 3.05. The summed E-state index contributed by atoms with van der Waals surface area (Å²) in [5.74, 6) is 2.40. The van der Waals surface area contributed by atoms with Crippen molar-refractivity contribution < 1.29 is 0 Å². The fraction of sp³-hybridized carbons (Fsp3) is 0.450. The molecule has 2 aliphatic heterocycles. The lowest BCUT2D eigenvalue weighted by Crippen LogP contribution is -2.48. The molecule has 0 spiro atoms. The van der Waals surface area contributed by atoms with E-state index in [4.69, 9.17) is 10.7 Å². The molecule has 5 rings (SSSR count). The lowest BCUT2D eigenvalue weighted by atomic mass is 9.79. The first-order valence-electron chi connectivity index (χ1n) is 9.76. The van der Waals surface area contributed by atoms with E-state index in [0.717, 1.165) is 22.4 Å². The van der Waals surface area contributed by atoms with E-state index in [2.05, 4.69) is 37.9 Å². The number of fused-ring (bicyclic) bond motifs is 3. The summed E-state index contributed by atoms with van der Waals surface area (Å²) in [7, 11) is 0. The monoisotopic (exact) mass is 363 g/mol. The molecule has 3 aromatic rings. The Morgan fingerprint density at radius 1 is 1.07 bits per heavy atom. The maximum Gasteiger partial charge on any atom is 0.153 e. The fourth-order valence-electron chi connectivity index (χ4n) is 4.58. The highest BCUT2D eigenvalue weighted by Crippen LogP contribution is 2.36. The number of nitrogens with two attached hydrogens (primary N) is 1. The molecule has 0 aromatic carbocycles. The van der Waals surface area contributed by atoms with Gasteiger partial charge in [-0.3, -0.25) is 10.1 Å². The first-order chi connectivity index (χ1) is 13.1. The summed E-state index contributed by atoms with van der Waals surface area (Å²) >= 11 is 0. The second kappa shape index (κ2) is 6.49. The number of nitrogen functional groups attached to an aromatic ring is 1. The lowest BCUT2D eigenvalue weighted by Gasteiger charge is -2.40. The number of aromatic nitrogens is 4. The Morgan fingerprint density at radius 3 is 2.63 bits per heavy atom. The van der Waals surface area contributed by atoms with Gasteiger partial charge in [-0.1, -0.05) is 6.42 Å². The third-order valence-corrected chi connectivity index (χ3v) is 5.83. The molecule has 3 aromatic heterocycles. The van der Waals surface area contributed by atoms with E-state index in [1.807, 2.05) is 19.1 Å². The van der Waals surface area contributed by atoms with Crippen LogP contribution in [-0.4, -0.2) is 32.2 Å². The molecular formula is C20H25N7. The van der Waals surface area contributed by atoms with Crippen LogP contribution in [0.5, 0.6) is 0 Å². The van der Waals surface area contributed by atoms with Gasteiger partial charge in [0.15, 0.2) is 5.82 Å². The van der Waals surface area contributed by atoms with Gasteiger partial charge < -0.3 is 16.4 Å². The second-order valence-corrected chi connectivity index (χ2v) is 7.92. The predicted octanol–water partition coefficient (Wildman–Crippen LogP) is 3.38. The van der Waals surface area contributed by atoms with Gasteiger partial charge in [0.05, 0.1) is 5.52 Å². The molecule has 5 N–H and O–H groups in total. The zero-order chi connectivity index (χ0) is 18.4. The Labute approximate surface area is 158 Å². The van der Waals surface area contributed by atoms with Crippen LogP contribution < -0.4 is 16.4 Å². The zero-order valence-corrected chi connectivity index (χ0v) is 15.5. The quantitative estimate of drug-likeness (QED) is 0.569. The number of aryl methyl sites for hydroxylation is 1. The number of anilines is 3. The van der Waals surface area contributed by atoms with E-state index in [1.165, 1.54) is 37.8 Å². The molecule has 0 unspecified atom stereocenters. The summed E-state index contributed by atoms with van der Waals surface area (Å²) in [4.78, 5) is 9.44. The third-order valence-electron chi connectivity index (χ3n) is 5.83. The average molecular weight is 363 g/mol. The number of rotatable bonds is 3. The number of H-pyrrole nitrogens is 1. The largest absolute Gasteiger partial charge is 0.383 e.